The molecule has 1 N–H and O–H groups in total. The molecule has 64 valence electrons. The van der Waals surface area contributed by atoms with E-state index in [0.717, 1.165) is 0 Å². The molecule has 1 aromatic rings. The summed E-state index contributed by atoms with van der Waals surface area (Å²) >= 11 is 5.81. The molecule has 4 heteroatoms. The largest absolute Gasteiger partial charge is 0.481 e. The van der Waals surface area contributed by atoms with Gasteiger partial charge in [0.25, 0.3) is 0 Å². The number of aromatic nitrogens is 1. The van der Waals surface area contributed by atoms with Gasteiger partial charge in [0.15, 0.2) is 0 Å². The van der Waals surface area contributed by atoms with Gasteiger partial charge in [-0.25, -0.2) is 0 Å². The molecule has 0 bridgehead atoms. The van der Waals surface area contributed by atoms with Gasteiger partial charge in [0.2, 0.25) is 0 Å². The number of hydrogen-bond acceptors (Lipinski definition) is 2. The fourth-order valence-corrected chi connectivity index (χ4v) is 1.08. The second-order valence-corrected chi connectivity index (χ2v) is 2.82. The third-order valence-electron chi connectivity index (χ3n) is 1.49. The highest BCUT2D eigenvalue weighted by molar-refractivity contribution is 6.32. The van der Waals surface area contributed by atoms with Gasteiger partial charge in [-0.2, -0.15) is 0 Å². The minimum absolute atomic E-state index is 0.0534. The van der Waals surface area contributed by atoms with E-state index < -0.39 is 5.97 Å². The predicted octanol–water partition coefficient (Wildman–Crippen LogP) is 1.67. The van der Waals surface area contributed by atoms with Gasteiger partial charge < -0.3 is 5.11 Å². The van der Waals surface area contributed by atoms with Crippen molar-refractivity contribution in [2.45, 2.75) is 13.3 Å². The van der Waals surface area contributed by atoms with E-state index in [-0.39, 0.29) is 6.42 Å². The number of rotatable bonds is 2. The average molecular weight is 186 g/mol. The van der Waals surface area contributed by atoms with Crippen molar-refractivity contribution in [1.29, 1.82) is 0 Å². The number of nitrogens with zero attached hydrogens (tertiary/aromatic N) is 1. The van der Waals surface area contributed by atoms with Crippen molar-refractivity contribution in [1.82, 2.24) is 4.98 Å². The molecule has 0 aromatic carbocycles. The lowest BCUT2D eigenvalue weighted by molar-refractivity contribution is -0.136. The standard InChI is InChI=1S/C8H8ClNO2/c1-5-8(9)6(2-3-10-5)4-7(11)12/h2-3H,4H2,1H3,(H,11,12). The Morgan fingerprint density at radius 1 is 1.75 bits per heavy atom. The summed E-state index contributed by atoms with van der Waals surface area (Å²) in [5.74, 6) is -0.887. The van der Waals surface area contributed by atoms with E-state index in [1.807, 2.05) is 0 Å². The minimum atomic E-state index is -0.887. The van der Waals surface area contributed by atoms with Crippen LogP contribution in [-0.4, -0.2) is 16.1 Å². The van der Waals surface area contributed by atoms with Crippen molar-refractivity contribution < 1.29 is 9.90 Å². The number of carboxylic acids is 1. The molecule has 1 heterocycles. The summed E-state index contributed by atoms with van der Waals surface area (Å²) < 4.78 is 0. The van der Waals surface area contributed by atoms with Crippen molar-refractivity contribution in [2.24, 2.45) is 0 Å². The lowest BCUT2D eigenvalue weighted by atomic mass is 10.2. The third kappa shape index (κ3) is 1.95. The van der Waals surface area contributed by atoms with Crippen LogP contribution in [0, 0.1) is 6.92 Å². The molecule has 0 atom stereocenters. The lowest BCUT2D eigenvalue weighted by Gasteiger charge is -2.01. The van der Waals surface area contributed by atoms with Gasteiger partial charge in [-0.05, 0) is 18.6 Å². The molecule has 0 saturated heterocycles. The van der Waals surface area contributed by atoms with Crippen LogP contribution in [0.3, 0.4) is 0 Å². The zero-order valence-corrected chi connectivity index (χ0v) is 7.30. The Labute approximate surface area is 75.0 Å². The molecule has 1 rings (SSSR count). The monoisotopic (exact) mass is 185 g/mol. The second-order valence-electron chi connectivity index (χ2n) is 2.44. The predicted molar refractivity (Wildman–Crippen MR) is 45.3 cm³/mol. The number of hydrogen-bond donors (Lipinski definition) is 1. The third-order valence-corrected chi connectivity index (χ3v) is 2.00. The molecule has 1 aromatic heterocycles. The molecule has 0 spiro atoms. The van der Waals surface area contributed by atoms with E-state index in [9.17, 15) is 4.79 Å². The number of halogens is 1. The first-order valence-corrected chi connectivity index (χ1v) is 3.81. The number of carbonyl (C=O) groups is 1. The molecule has 12 heavy (non-hydrogen) atoms. The highest BCUT2D eigenvalue weighted by atomic mass is 35.5. The number of carboxylic acid groups (broad SMARTS) is 1. The van der Waals surface area contributed by atoms with Gasteiger partial charge in [-0.3, -0.25) is 9.78 Å². The Morgan fingerprint density at radius 2 is 2.42 bits per heavy atom. The van der Waals surface area contributed by atoms with Crippen LogP contribution in [0.25, 0.3) is 0 Å². The smallest absolute Gasteiger partial charge is 0.307 e. The molecule has 0 radical (unpaired) electrons. The van der Waals surface area contributed by atoms with Crippen molar-refractivity contribution in [3.63, 3.8) is 0 Å². The first kappa shape index (κ1) is 9.00. The summed E-state index contributed by atoms with van der Waals surface area (Å²) in [7, 11) is 0. The normalized spacial score (nSPS) is 9.83. The average Bonchev–Trinajstić information content (AvgIpc) is 1.98. The van der Waals surface area contributed by atoms with E-state index in [2.05, 4.69) is 4.98 Å². The van der Waals surface area contributed by atoms with E-state index in [1.165, 1.54) is 0 Å². The molecular formula is C8H8ClNO2. The molecular weight excluding hydrogens is 178 g/mol. The fourth-order valence-electron chi connectivity index (χ4n) is 0.901. The van der Waals surface area contributed by atoms with Crippen molar-refractivity contribution in [3.8, 4) is 0 Å². The molecule has 0 aliphatic heterocycles. The zero-order chi connectivity index (χ0) is 9.14. The topological polar surface area (TPSA) is 50.2 Å². The van der Waals surface area contributed by atoms with Gasteiger partial charge in [-0.1, -0.05) is 11.6 Å². The van der Waals surface area contributed by atoms with Gasteiger partial charge in [0, 0.05) is 6.20 Å². The Kier molecular flexibility index (Phi) is 2.65. The van der Waals surface area contributed by atoms with Gasteiger partial charge in [0.05, 0.1) is 17.1 Å². The number of aliphatic carboxylic acids is 1. The first-order chi connectivity index (χ1) is 5.61. The molecule has 0 amide bonds. The van der Waals surface area contributed by atoms with Crippen LogP contribution in [0.4, 0.5) is 0 Å². The molecule has 0 saturated carbocycles. The molecule has 0 unspecified atom stereocenters. The quantitative estimate of drug-likeness (QED) is 0.763. The zero-order valence-electron chi connectivity index (χ0n) is 6.54. The first-order valence-electron chi connectivity index (χ1n) is 3.43. The van der Waals surface area contributed by atoms with Gasteiger partial charge in [-0.15, -0.1) is 0 Å². The Morgan fingerprint density at radius 3 is 3.00 bits per heavy atom. The second kappa shape index (κ2) is 3.54. The lowest BCUT2D eigenvalue weighted by Crippen LogP contribution is -2.01. The summed E-state index contributed by atoms with van der Waals surface area (Å²) in [6.45, 7) is 1.74. The van der Waals surface area contributed by atoms with Crippen molar-refractivity contribution in [2.75, 3.05) is 0 Å². The fraction of sp³-hybridized carbons (Fsp3) is 0.250. The SMILES string of the molecule is Cc1nccc(CC(=O)O)c1Cl. The van der Waals surface area contributed by atoms with Crippen LogP contribution in [0.15, 0.2) is 12.3 Å². The molecule has 3 nitrogen and oxygen atoms in total. The van der Waals surface area contributed by atoms with Crippen LogP contribution in [0.2, 0.25) is 5.02 Å². The Balaban J connectivity index is 3.00. The maximum absolute atomic E-state index is 10.4. The summed E-state index contributed by atoms with van der Waals surface area (Å²) in [4.78, 5) is 14.3. The van der Waals surface area contributed by atoms with Crippen LogP contribution >= 0.6 is 11.6 Å². The summed E-state index contributed by atoms with van der Waals surface area (Å²) in [5, 5.41) is 8.95. The van der Waals surface area contributed by atoms with E-state index >= 15 is 0 Å². The highest BCUT2D eigenvalue weighted by Gasteiger charge is 2.06. The summed E-state index contributed by atoms with van der Waals surface area (Å²) in [6, 6.07) is 1.61. The molecule has 0 aliphatic rings. The maximum atomic E-state index is 10.4. The van der Waals surface area contributed by atoms with E-state index in [1.54, 1.807) is 19.2 Å². The van der Waals surface area contributed by atoms with Gasteiger partial charge in [0.1, 0.15) is 0 Å². The molecule has 0 aliphatic carbocycles. The Bertz CT molecular complexity index is 312. The minimum Gasteiger partial charge on any atom is -0.481 e. The van der Waals surface area contributed by atoms with Crippen molar-refractivity contribution in [3.05, 3.63) is 28.5 Å². The van der Waals surface area contributed by atoms with Crippen molar-refractivity contribution >= 4 is 17.6 Å². The van der Waals surface area contributed by atoms with E-state index in [0.29, 0.717) is 16.3 Å². The Hall–Kier alpha value is -1.09. The van der Waals surface area contributed by atoms with Crippen LogP contribution in [0.5, 0.6) is 0 Å². The number of pyridine rings is 1. The summed E-state index contributed by atoms with van der Waals surface area (Å²) in [5.41, 5.74) is 1.27. The maximum Gasteiger partial charge on any atom is 0.307 e. The van der Waals surface area contributed by atoms with E-state index in [4.69, 9.17) is 16.7 Å². The van der Waals surface area contributed by atoms with Gasteiger partial charge >= 0.3 is 5.97 Å². The number of aryl methyl sites for hydroxylation is 1. The van der Waals surface area contributed by atoms with Crippen LogP contribution in [0.1, 0.15) is 11.3 Å². The summed E-state index contributed by atoms with van der Waals surface area (Å²) in [6.07, 6.45) is 1.50. The highest BCUT2D eigenvalue weighted by Crippen LogP contribution is 2.18. The molecule has 0 fully saturated rings. The van der Waals surface area contributed by atoms with Crippen LogP contribution < -0.4 is 0 Å². The van der Waals surface area contributed by atoms with Crippen LogP contribution in [-0.2, 0) is 11.2 Å².